The third kappa shape index (κ3) is 2.96. The number of benzene rings is 1. The smallest absolute Gasteiger partial charge is 0.165 e. The van der Waals surface area contributed by atoms with E-state index >= 15 is 0 Å². The SMILES string of the molecule is O=C(C1CC1)[C@H]1CN(Cc2ccc3c(c2)OCCO3)CCO1. The van der Waals surface area contributed by atoms with Gasteiger partial charge in [-0.1, -0.05) is 6.07 Å². The van der Waals surface area contributed by atoms with Gasteiger partial charge in [0.1, 0.15) is 19.3 Å². The van der Waals surface area contributed by atoms with Crippen LogP contribution in [0.25, 0.3) is 0 Å². The Morgan fingerprint density at radius 1 is 1.14 bits per heavy atom. The zero-order valence-electron chi connectivity index (χ0n) is 12.6. The first kappa shape index (κ1) is 14.0. The summed E-state index contributed by atoms with van der Waals surface area (Å²) in [5.74, 6) is 2.20. The molecule has 2 heterocycles. The molecule has 0 unspecified atom stereocenters. The van der Waals surface area contributed by atoms with Crippen LogP contribution in [-0.4, -0.2) is 49.7 Å². The minimum atomic E-state index is -0.238. The molecular formula is C17H21NO4. The molecule has 1 aromatic carbocycles. The number of nitrogens with zero attached hydrogens (tertiary/aromatic N) is 1. The summed E-state index contributed by atoms with van der Waals surface area (Å²) < 4.78 is 16.8. The maximum atomic E-state index is 12.2. The monoisotopic (exact) mass is 303 g/mol. The molecule has 4 rings (SSSR count). The molecule has 5 nitrogen and oxygen atoms in total. The van der Waals surface area contributed by atoms with Gasteiger partial charge in [-0.15, -0.1) is 0 Å². The number of carbonyl (C=O) groups is 1. The molecule has 1 aromatic rings. The summed E-state index contributed by atoms with van der Waals surface area (Å²) in [6.45, 7) is 4.22. The lowest BCUT2D eigenvalue weighted by molar-refractivity contribution is -0.137. The van der Waals surface area contributed by atoms with Gasteiger partial charge < -0.3 is 14.2 Å². The summed E-state index contributed by atoms with van der Waals surface area (Å²) in [5, 5.41) is 0. The maximum Gasteiger partial charge on any atom is 0.165 e. The molecule has 22 heavy (non-hydrogen) atoms. The van der Waals surface area contributed by atoms with Crippen molar-refractivity contribution in [1.29, 1.82) is 0 Å². The van der Waals surface area contributed by atoms with Crippen LogP contribution in [0.4, 0.5) is 0 Å². The molecule has 2 aliphatic heterocycles. The van der Waals surface area contributed by atoms with E-state index < -0.39 is 0 Å². The van der Waals surface area contributed by atoms with Crippen LogP contribution in [-0.2, 0) is 16.1 Å². The molecule has 2 fully saturated rings. The van der Waals surface area contributed by atoms with Gasteiger partial charge >= 0.3 is 0 Å². The van der Waals surface area contributed by atoms with Gasteiger partial charge in [0.05, 0.1) is 6.61 Å². The van der Waals surface area contributed by atoms with Crippen molar-refractivity contribution in [1.82, 2.24) is 4.90 Å². The zero-order valence-corrected chi connectivity index (χ0v) is 12.6. The van der Waals surface area contributed by atoms with Gasteiger partial charge in [-0.05, 0) is 30.5 Å². The fourth-order valence-corrected chi connectivity index (χ4v) is 3.09. The highest BCUT2D eigenvalue weighted by Crippen LogP contribution is 2.33. The standard InChI is InChI=1S/C17H21NO4/c19-17(13-2-3-13)16-11-18(5-6-20-16)10-12-1-4-14-15(9-12)22-8-7-21-14/h1,4,9,13,16H,2-3,5-8,10-11H2/t16-/m1/s1. The lowest BCUT2D eigenvalue weighted by Crippen LogP contribution is -2.46. The summed E-state index contributed by atoms with van der Waals surface area (Å²) in [6.07, 6.45) is 1.85. The van der Waals surface area contributed by atoms with Crippen molar-refractivity contribution in [3.8, 4) is 11.5 Å². The highest BCUT2D eigenvalue weighted by atomic mass is 16.6. The van der Waals surface area contributed by atoms with Crippen molar-refractivity contribution in [3.05, 3.63) is 23.8 Å². The molecule has 1 atom stereocenters. The van der Waals surface area contributed by atoms with E-state index in [1.165, 1.54) is 5.56 Å². The lowest BCUT2D eigenvalue weighted by atomic mass is 10.1. The van der Waals surface area contributed by atoms with Crippen LogP contribution >= 0.6 is 0 Å². The van der Waals surface area contributed by atoms with E-state index in [-0.39, 0.29) is 12.0 Å². The minimum Gasteiger partial charge on any atom is -0.486 e. The van der Waals surface area contributed by atoms with Gasteiger partial charge in [-0.2, -0.15) is 0 Å². The molecule has 0 spiro atoms. The number of ether oxygens (including phenoxy) is 3. The van der Waals surface area contributed by atoms with Crippen molar-refractivity contribution >= 4 is 5.78 Å². The van der Waals surface area contributed by atoms with Crippen molar-refractivity contribution in [2.75, 3.05) is 32.9 Å². The molecule has 1 aliphatic carbocycles. The van der Waals surface area contributed by atoms with Crippen LogP contribution in [0, 0.1) is 5.92 Å². The molecule has 1 saturated carbocycles. The number of ketones is 1. The molecule has 5 heteroatoms. The largest absolute Gasteiger partial charge is 0.486 e. The Hall–Kier alpha value is -1.59. The molecule has 0 N–H and O–H groups in total. The molecular weight excluding hydrogens is 282 g/mol. The van der Waals surface area contributed by atoms with E-state index in [9.17, 15) is 4.79 Å². The second-order valence-electron chi connectivity index (χ2n) is 6.25. The van der Waals surface area contributed by atoms with Crippen LogP contribution in [0.5, 0.6) is 11.5 Å². The first-order valence-corrected chi connectivity index (χ1v) is 8.06. The second kappa shape index (κ2) is 5.89. The Labute approximate surface area is 130 Å². The number of Topliss-reactive ketones (excluding diaryl/α,β-unsaturated/α-hetero) is 1. The molecule has 3 aliphatic rings. The number of carbonyl (C=O) groups excluding carboxylic acids is 1. The molecule has 0 bridgehead atoms. The summed E-state index contributed by atoms with van der Waals surface area (Å²) in [7, 11) is 0. The van der Waals surface area contributed by atoms with Crippen molar-refractivity contribution in [2.45, 2.75) is 25.5 Å². The van der Waals surface area contributed by atoms with E-state index in [1.807, 2.05) is 12.1 Å². The average molecular weight is 303 g/mol. The van der Waals surface area contributed by atoms with Crippen LogP contribution in [0.3, 0.4) is 0 Å². The van der Waals surface area contributed by atoms with Crippen molar-refractivity contribution < 1.29 is 19.0 Å². The Balaban J connectivity index is 1.40. The Kier molecular flexibility index (Phi) is 3.76. The van der Waals surface area contributed by atoms with E-state index in [2.05, 4.69) is 11.0 Å². The average Bonchev–Trinajstić information content (AvgIpc) is 3.39. The molecule has 0 amide bonds. The van der Waals surface area contributed by atoms with Crippen molar-refractivity contribution in [2.24, 2.45) is 5.92 Å². The van der Waals surface area contributed by atoms with Gasteiger partial charge in [0.25, 0.3) is 0 Å². The maximum absolute atomic E-state index is 12.2. The fraction of sp³-hybridized carbons (Fsp3) is 0.588. The van der Waals surface area contributed by atoms with Gasteiger partial charge in [-0.25, -0.2) is 0 Å². The number of hydrogen-bond donors (Lipinski definition) is 0. The van der Waals surface area contributed by atoms with Crippen LogP contribution in [0.15, 0.2) is 18.2 Å². The third-order valence-corrected chi connectivity index (χ3v) is 4.46. The van der Waals surface area contributed by atoms with Gasteiger partial charge in [0.2, 0.25) is 0 Å². The van der Waals surface area contributed by atoms with Gasteiger partial charge in [0.15, 0.2) is 17.3 Å². The fourth-order valence-electron chi connectivity index (χ4n) is 3.09. The van der Waals surface area contributed by atoms with Crippen LogP contribution in [0.1, 0.15) is 18.4 Å². The lowest BCUT2D eigenvalue weighted by Gasteiger charge is -2.32. The van der Waals surface area contributed by atoms with E-state index in [4.69, 9.17) is 14.2 Å². The Morgan fingerprint density at radius 2 is 1.95 bits per heavy atom. The van der Waals surface area contributed by atoms with Crippen LogP contribution in [0.2, 0.25) is 0 Å². The normalized spacial score (nSPS) is 25.0. The molecule has 1 saturated heterocycles. The predicted molar refractivity (Wildman–Crippen MR) is 80.2 cm³/mol. The van der Waals surface area contributed by atoms with E-state index in [0.29, 0.717) is 32.1 Å². The van der Waals surface area contributed by atoms with Gasteiger partial charge in [0, 0.05) is 25.6 Å². The Bertz CT molecular complexity index is 570. The summed E-state index contributed by atoms with van der Waals surface area (Å²) in [5.41, 5.74) is 1.18. The second-order valence-corrected chi connectivity index (χ2v) is 6.25. The van der Waals surface area contributed by atoms with E-state index in [0.717, 1.165) is 37.4 Å². The molecule has 118 valence electrons. The highest BCUT2D eigenvalue weighted by Gasteiger charge is 2.37. The number of morpholine rings is 1. The molecule has 0 aromatic heterocycles. The number of fused-ring (bicyclic) bond motifs is 1. The number of rotatable bonds is 4. The topological polar surface area (TPSA) is 48.0 Å². The first-order chi connectivity index (χ1) is 10.8. The zero-order chi connectivity index (χ0) is 14.9. The predicted octanol–water partition coefficient (Wildman–Crippen LogP) is 1.64. The van der Waals surface area contributed by atoms with E-state index in [1.54, 1.807) is 0 Å². The summed E-state index contributed by atoms with van der Waals surface area (Å²) in [6, 6.07) is 6.08. The quantitative estimate of drug-likeness (QED) is 0.846. The molecule has 0 radical (unpaired) electrons. The first-order valence-electron chi connectivity index (χ1n) is 8.06. The third-order valence-electron chi connectivity index (χ3n) is 4.46. The Morgan fingerprint density at radius 3 is 2.77 bits per heavy atom. The number of hydrogen-bond acceptors (Lipinski definition) is 5. The summed E-state index contributed by atoms with van der Waals surface area (Å²) in [4.78, 5) is 14.5. The minimum absolute atomic E-state index is 0.238. The van der Waals surface area contributed by atoms with Crippen molar-refractivity contribution in [3.63, 3.8) is 0 Å². The highest BCUT2D eigenvalue weighted by molar-refractivity contribution is 5.87. The van der Waals surface area contributed by atoms with Gasteiger partial charge in [-0.3, -0.25) is 9.69 Å². The summed E-state index contributed by atoms with van der Waals surface area (Å²) >= 11 is 0. The van der Waals surface area contributed by atoms with Crippen LogP contribution < -0.4 is 9.47 Å².